The van der Waals surface area contributed by atoms with Gasteiger partial charge in [-0.25, -0.2) is 0 Å². The summed E-state index contributed by atoms with van der Waals surface area (Å²) in [4.78, 5) is 2.41. The minimum absolute atomic E-state index is 0.0136. The summed E-state index contributed by atoms with van der Waals surface area (Å²) >= 11 is 0. The smallest absolute Gasteiger partial charge is 0.279 e. The molecular formula is C12H25N3O3S. The molecule has 2 unspecified atom stereocenters. The molecule has 0 amide bonds. The summed E-state index contributed by atoms with van der Waals surface area (Å²) in [6, 6.07) is 0.414. The molecular weight excluding hydrogens is 266 g/mol. The Kier molecular flexibility index (Phi) is 5.19. The number of rotatable bonds is 6. The topological polar surface area (TPSA) is 72.9 Å². The fourth-order valence-corrected chi connectivity index (χ4v) is 4.29. The maximum absolute atomic E-state index is 12.2. The van der Waals surface area contributed by atoms with Gasteiger partial charge in [-0.3, -0.25) is 4.90 Å². The van der Waals surface area contributed by atoms with Crippen LogP contribution in [0.3, 0.4) is 0 Å². The molecule has 0 aromatic carbocycles. The van der Waals surface area contributed by atoms with E-state index in [1.165, 1.54) is 17.1 Å². The van der Waals surface area contributed by atoms with Gasteiger partial charge in [0.15, 0.2) is 0 Å². The van der Waals surface area contributed by atoms with Crippen LogP contribution < -0.4 is 4.72 Å². The molecule has 19 heavy (non-hydrogen) atoms. The summed E-state index contributed by atoms with van der Waals surface area (Å²) in [6.07, 6.45) is 4.88. The molecule has 0 aromatic heterocycles. The third kappa shape index (κ3) is 3.66. The van der Waals surface area contributed by atoms with Gasteiger partial charge in [0.2, 0.25) is 0 Å². The minimum Gasteiger partial charge on any atom is -0.396 e. The second kappa shape index (κ2) is 6.49. The van der Waals surface area contributed by atoms with Gasteiger partial charge in [-0.05, 0) is 32.2 Å². The van der Waals surface area contributed by atoms with Crippen molar-refractivity contribution in [3.63, 3.8) is 0 Å². The van der Waals surface area contributed by atoms with Crippen LogP contribution in [0.4, 0.5) is 0 Å². The molecule has 2 atom stereocenters. The van der Waals surface area contributed by atoms with Crippen LogP contribution in [0.5, 0.6) is 0 Å². The molecule has 2 N–H and O–H groups in total. The highest BCUT2D eigenvalue weighted by Gasteiger charge is 2.38. The van der Waals surface area contributed by atoms with Gasteiger partial charge >= 0.3 is 0 Å². The number of nitrogens with zero attached hydrogens (tertiary/aromatic N) is 2. The molecule has 112 valence electrons. The number of aliphatic hydroxyl groups excluding tert-OH is 1. The number of fused-ring (bicyclic) bond motifs is 1. The second-order valence-corrected chi connectivity index (χ2v) is 7.33. The molecule has 2 heterocycles. The first-order valence-corrected chi connectivity index (χ1v) is 8.57. The molecule has 2 aliphatic heterocycles. The second-order valence-electron chi connectivity index (χ2n) is 5.52. The number of piperidine rings is 1. The van der Waals surface area contributed by atoms with Crippen molar-refractivity contribution in [3.8, 4) is 0 Å². The normalized spacial score (nSPS) is 28.8. The third-order valence-electron chi connectivity index (χ3n) is 4.20. The quantitative estimate of drug-likeness (QED) is 0.708. The molecule has 0 aliphatic carbocycles. The highest BCUT2D eigenvalue weighted by atomic mass is 32.2. The Morgan fingerprint density at radius 2 is 2.11 bits per heavy atom. The number of nitrogens with one attached hydrogen (secondary N) is 1. The molecule has 0 spiro atoms. The van der Waals surface area contributed by atoms with E-state index in [2.05, 4.69) is 9.62 Å². The molecule has 0 radical (unpaired) electrons. The summed E-state index contributed by atoms with van der Waals surface area (Å²) in [7, 11) is -1.86. The van der Waals surface area contributed by atoms with E-state index in [-0.39, 0.29) is 12.6 Å². The summed E-state index contributed by atoms with van der Waals surface area (Å²) in [5.74, 6) is 0. The Morgan fingerprint density at radius 3 is 2.84 bits per heavy atom. The van der Waals surface area contributed by atoms with Gasteiger partial charge in [-0.1, -0.05) is 6.42 Å². The van der Waals surface area contributed by atoms with Gasteiger partial charge in [0.25, 0.3) is 10.2 Å². The first-order chi connectivity index (χ1) is 9.04. The Balaban J connectivity index is 1.92. The monoisotopic (exact) mass is 291 g/mol. The fourth-order valence-electron chi connectivity index (χ4n) is 3.08. The summed E-state index contributed by atoms with van der Waals surface area (Å²) in [5.41, 5.74) is 0. The molecule has 6 nitrogen and oxygen atoms in total. The summed E-state index contributed by atoms with van der Waals surface area (Å²) in [6.45, 7) is 2.47. The van der Waals surface area contributed by atoms with Crippen LogP contribution in [0.25, 0.3) is 0 Å². The Morgan fingerprint density at radius 1 is 1.32 bits per heavy atom. The first kappa shape index (κ1) is 15.2. The number of hydrogen-bond donors (Lipinski definition) is 2. The predicted octanol–water partition coefficient (Wildman–Crippen LogP) is -0.238. The van der Waals surface area contributed by atoms with Crippen molar-refractivity contribution in [1.29, 1.82) is 0 Å². The Bertz CT molecular complexity index is 388. The molecule has 2 fully saturated rings. The van der Waals surface area contributed by atoms with Crippen LogP contribution in [-0.2, 0) is 10.2 Å². The van der Waals surface area contributed by atoms with Crippen LogP contribution in [0, 0.1) is 0 Å². The minimum atomic E-state index is -3.42. The van der Waals surface area contributed by atoms with Crippen LogP contribution >= 0.6 is 0 Å². The van der Waals surface area contributed by atoms with Crippen molar-refractivity contribution in [2.24, 2.45) is 0 Å². The van der Waals surface area contributed by atoms with Crippen molar-refractivity contribution in [1.82, 2.24) is 13.9 Å². The zero-order chi connectivity index (χ0) is 13.9. The third-order valence-corrected chi connectivity index (χ3v) is 5.80. The van der Waals surface area contributed by atoms with E-state index in [0.717, 1.165) is 25.9 Å². The van der Waals surface area contributed by atoms with E-state index in [4.69, 9.17) is 5.11 Å². The van der Waals surface area contributed by atoms with Gasteiger partial charge in [-0.15, -0.1) is 0 Å². The van der Waals surface area contributed by atoms with E-state index in [9.17, 15) is 8.42 Å². The Labute approximate surface area is 116 Å². The predicted molar refractivity (Wildman–Crippen MR) is 74.0 cm³/mol. The van der Waals surface area contributed by atoms with Crippen LogP contribution in [0.15, 0.2) is 0 Å². The van der Waals surface area contributed by atoms with Crippen LogP contribution in [-0.4, -0.2) is 68.1 Å². The van der Waals surface area contributed by atoms with Crippen molar-refractivity contribution in [3.05, 3.63) is 0 Å². The van der Waals surface area contributed by atoms with Gasteiger partial charge < -0.3 is 5.11 Å². The highest BCUT2D eigenvalue weighted by Crippen LogP contribution is 2.27. The van der Waals surface area contributed by atoms with Crippen molar-refractivity contribution in [2.75, 3.05) is 33.3 Å². The lowest BCUT2D eigenvalue weighted by Gasteiger charge is -2.33. The number of hydrogen-bond acceptors (Lipinski definition) is 4. The molecule has 0 aromatic rings. The van der Waals surface area contributed by atoms with Crippen molar-refractivity contribution >= 4 is 10.2 Å². The van der Waals surface area contributed by atoms with Gasteiger partial charge in [0.05, 0.1) is 0 Å². The van der Waals surface area contributed by atoms with E-state index in [1.807, 2.05) is 0 Å². The first-order valence-electron chi connectivity index (χ1n) is 7.13. The molecule has 0 bridgehead atoms. The zero-order valence-corrected chi connectivity index (χ0v) is 12.4. The van der Waals surface area contributed by atoms with Crippen molar-refractivity contribution in [2.45, 2.75) is 44.2 Å². The Hall–Kier alpha value is -0.210. The number of aliphatic hydroxyl groups is 1. The summed E-state index contributed by atoms with van der Waals surface area (Å²) < 4.78 is 28.5. The highest BCUT2D eigenvalue weighted by molar-refractivity contribution is 7.87. The average Bonchev–Trinajstić information content (AvgIpc) is 2.79. The lowest BCUT2D eigenvalue weighted by Crippen LogP contribution is -2.50. The molecule has 2 rings (SSSR count). The largest absolute Gasteiger partial charge is 0.396 e. The van der Waals surface area contributed by atoms with Gasteiger partial charge in [0.1, 0.15) is 0 Å². The molecule has 7 heteroatoms. The zero-order valence-electron chi connectivity index (χ0n) is 11.6. The van der Waals surface area contributed by atoms with Gasteiger partial charge in [-0.2, -0.15) is 17.4 Å². The molecule has 0 saturated carbocycles. The van der Waals surface area contributed by atoms with Gasteiger partial charge in [0, 0.05) is 38.8 Å². The maximum Gasteiger partial charge on any atom is 0.279 e. The maximum atomic E-state index is 12.2. The standard InChI is InChI=1S/C12H25N3O3S/c1-14(7-4-10-16)19(17,18)13-11-6-9-15-8-3-2-5-12(11)15/h11-13,16H,2-10H2,1H3. The summed E-state index contributed by atoms with van der Waals surface area (Å²) in [5, 5.41) is 8.77. The van der Waals surface area contributed by atoms with E-state index in [0.29, 0.717) is 19.0 Å². The molecule has 2 aliphatic rings. The SMILES string of the molecule is CN(CCCO)S(=O)(=O)NC1CCN2CCCCC12. The van der Waals surface area contributed by atoms with Crippen LogP contribution in [0.2, 0.25) is 0 Å². The van der Waals surface area contributed by atoms with Crippen molar-refractivity contribution < 1.29 is 13.5 Å². The lowest BCUT2D eigenvalue weighted by molar-refractivity contribution is 0.185. The van der Waals surface area contributed by atoms with E-state index < -0.39 is 10.2 Å². The molecule has 2 saturated heterocycles. The van der Waals surface area contributed by atoms with E-state index >= 15 is 0 Å². The van der Waals surface area contributed by atoms with Crippen LogP contribution in [0.1, 0.15) is 32.1 Å². The van der Waals surface area contributed by atoms with E-state index in [1.54, 1.807) is 7.05 Å². The lowest BCUT2D eigenvalue weighted by atomic mass is 10.00. The fraction of sp³-hybridized carbons (Fsp3) is 1.00. The average molecular weight is 291 g/mol.